The first-order chi connectivity index (χ1) is 14.7. The molecule has 1 aromatic heterocycles. The van der Waals surface area contributed by atoms with Gasteiger partial charge in [0.25, 0.3) is 10.0 Å². The van der Waals surface area contributed by atoms with Gasteiger partial charge in [-0.1, -0.05) is 23.7 Å². The minimum atomic E-state index is -3.89. The van der Waals surface area contributed by atoms with Crippen molar-refractivity contribution < 1.29 is 8.42 Å². The molecule has 158 valence electrons. The van der Waals surface area contributed by atoms with Crippen molar-refractivity contribution in [3.8, 4) is 0 Å². The number of rotatable bonds is 5. The zero-order valence-electron chi connectivity index (χ0n) is 17.3. The quantitative estimate of drug-likeness (QED) is 0.402. The Balaban J connectivity index is 1.80. The SMILES string of the molecule is Cc1ccc2nc(NS(=O)(=O)c3ccc(Cl)cc3)c(Nc3ccc(C)c(C)c3)nc2c1. The predicted octanol–water partition coefficient (Wildman–Crippen LogP) is 5.75. The van der Waals surface area contributed by atoms with Crippen LogP contribution in [0, 0.1) is 20.8 Å². The van der Waals surface area contributed by atoms with Crippen molar-refractivity contribution in [3.63, 3.8) is 0 Å². The molecule has 8 heteroatoms. The Morgan fingerprint density at radius 1 is 0.774 bits per heavy atom. The second-order valence-corrected chi connectivity index (χ2v) is 9.52. The Morgan fingerprint density at radius 2 is 1.48 bits per heavy atom. The van der Waals surface area contributed by atoms with Crippen LogP contribution in [0.3, 0.4) is 0 Å². The first-order valence-corrected chi connectivity index (χ1v) is 11.5. The van der Waals surface area contributed by atoms with Crippen LogP contribution in [-0.2, 0) is 10.0 Å². The van der Waals surface area contributed by atoms with Crippen molar-refractivity contribution in [2.45, 2.75) is 25.7 Å². The van der Waals surface area contributed by atoms with Crippen LogP contribution < -0.4 is 10.0 Å². The van der Waals surface area contributed by atoms with Crippen molar-refractivity contribution in [2.75, 3.05) is 10.0 Å². The molecule has 4 rings (SSSR count). The molecule has 0 aliphatic carbocycles. The molecule has 0 unspecified atom stereocenters. The number of halogens is 1. The number of aryl methyl sites for hydroxylation is 3. The topological polar surface area (TPSA) is 84.0 Å². The lowest BCUT2D eigenvalue weighted by Crippen LogP contribution is -2.16. The van der Waals surface area contributed by atoms with Crippen LogP contribution in [0.2, 0.25) is 5.02 Å². The van der Waals surface area contributed by atoms with Gasteiger partial charge in [-0.15, -0.1) is 0 Å². The Labute approximate surface area is 186 Å². The fourth-order valence-corrected chi connectivity index (χ4v) is 4.21. The molecule has 0 spiro atoms. The van der Waals surface area contributed by atoms with Gasteiger partial charge < -0.3 is 5.32 Å². The lowest BCUT2D eigenvalue weighted by atomic mass is 10.1. The maximum Gasteiger partial charge on any atom is 0.263 e. The summed E-state index contributed by atoms with van der Waals surface area (Å²) in [6.07, 6.45) is 0. The number of sulfonamides is 1. The van der Waals surface area contributed by atoms with Crippen LogP contribution in [0.1, 0.15) is 16.7 Å². The molecule has 0 saturated carbocycles. The van der Waals surface area contributed by atoms with Crippen LogP contribution in [0.4, 0.5) is 17.3 Å². The van der Waals surface area contributed by atoms with E-state index < -0.39 is 10.0 Å². The van der Waals surface area contributed by atoms with E-state index in [9.17, 15) is 8.42 Å². The highest BCUT2D eigenvalue weighted by molar-refractivity contribution is 7.92. The third-order valence-electron chi connectivity index (χ3n) is 4.94. The highest BCUT2D eigenvalue weighted by Gasteiger charge is 2.19. The molecule has 0 radical (unpaired) electrons. The lowest BCUT2D eigenvalue weighted by Gasteiger charge is -2.15. The van der Waals surface area contributed by atoms with E-state index in [0.29, 0.717) is 21.9 Å². The average molecular weight is 453 g/mol. The fourth-order valence-electron chi connectivity index (χ4n) is 3.08. The molecule has 6 nitrogen and oxygen atoms in total. The van der Waals surface area contributed by atoms with E-state index in [0.717, 1.165) is 22.4 Å². The van der Waals surface area contributed by atoms with E-state index in [4.69, 9.17) is 11.6 Å². The number of aromatic nitrogens is 2. The Hall–Kier alpha value is -3.16. The molecule has 0 fully saturated rings. The summed E-state index contributed by atoms with van der Waals surface area (Å²) >= 11 is 5.89. The van der Waals surface area contributed by atoms with E-state index in [1.54, 1.807) is 0 Å². The molecule has 0 amide bonds. The van der Waals surface area contributed by atoms with Crippen molar-refractivity contribution in [1.29, 1.82) is 0 Å². The van der Waals surface area contributed by atoms with Gasteiger partial charge in [-0.05, 0) is 86.0 Å². The number of hydrogen-bond donors (Lipinski definition) is 2. The van der Waals surface area contributed by atoms with Gasteiger partial charge in [-0.25, -0.2) is 18.4 Å². The maximum atomic E-state index is 13.0. The summed E-state index contributed by atoms with van der Waals surface area (Å²) in [6.45, 7) is 6.01. The number of benzene rings is 3. The summed E-state index contributed by atoms with van der Waals surface area (Å²) in [5.41, 5.74) is 5.35. The highest BCUT2D eigenvalue weighted by Crippen LogP contribution is 2.28. The molecule has 2 N–H and O–H groups in total. The first kappa shape index (κ1) is 21.1. The third kappa shape index (κ3) is 4.62. The lowest BCUT2D eigenvalue weighted by molar-refractivity contribution is 0.601. The predicted molar refractivity (Wildman–Crippen MR) is 126 cm³/mol. The summed E-state index contributed by atoms with van der Waals surface area (Å²) in [6, 6.07) is 17.5. The first-order valence-electron chi connectivity index (χ1n) is 9.62. The van der Waals surface area contributed by atoms with E-state index in [-0.39, 0.29) is 10.7 Å². The van der Waals surface area contributed by atoms with E-state index in [2.05, 4.69) is 20.0 Å². The van der Waals surface area contributed by atoms with Crippen molar-refractivity contribution in [1.82, 2.24) is 9.97 Å². The van der Waals surface area contributed by atoms with Gasteiger partial charge in [-0.2, -0.15) is 0 Å². The average Bonchev–Trinajstić information content (AvgIpc) is 2.71. The molecule has 1 heterocycles. The van der Waals surface area contributed by atoms with Gasteiger partial charge in [-0.3, -0.25) is 4.72 Å². The summed E-state index contributed by atoms with van der Waals surface area (Å²) in [4.78, 5) is 9.28. The van der Waals surface area contributed by atoms with Crippen LogP contribution >= 0.6 is 11.6 Å². The smallest absolute Gasteiger partial charge is 0.263 e. The summed E-state index contributed by atoms with van der Waals surface area (Å²) in [7, 11) is -3.89. The molecule has 31 heavy (non-hydrogen) atoms. The van der Waals surface area contributed by atoms with Gasteiger partial charge in [0, 0.05) is 10.7 Å². The molecule has 3 aromatic carbocycles. The number of nitrogens with one attached hydrogen (secondary N) is 2. The zero-order chi connectivity index (χ0) is 22.2. The molecule has 0 atom stereocenters. The number of hydrogen-bond acceptors (Lipinski definition) is 5. The molecule has 4 aromatic rings. The van der Waals surface area contributed by atoms with E-state index >= 15 is 0 Å². The molecule has 0 saturated heterocycles. The molecule has 0 aliphatic heterocycles. The Morgan fingerprint density at radius 3 is 2.19 bits per heavy atom. The number of nitrogens with zero attached hydrogens (tertiary/aromatic N) is 2. The van der Waals surface area contributed by atoms with Gasteiger partial charge in [0.2, 0.25) is 0 Å². The molecule has 0 aliphatic rings. The largest absolute Gasteiger partial charge is 0.337 e. The standard InChI is InChI=1S/C23H21ClN4O2S/c1-14-4-11-20-21(12-14)27-22(25-18-8-5-15(2)16(3)13-18)23(26-20)28-31(29,30)19-9-6-17(24)7-10-19/h4-13H,1-3H3,(H,25,27)(H,26,28). The van der Waals surface area contributed by atoms with Gasteiger partial charge >= 0.3 is 0 Å². The third-order valence-corrected chi connectivity index (χ3v) is 6.55. The summed E-state index contributed by atoms with van der Waals surface area (Å²) < 4.78 is 28.5. The highest BCUT2D eigenvalue weighted by atomic mass is 35.5. The van der Waals surface area contributed by atoms with Crippen molar-refractivity contribution in [2.24, 2.45) is 0 Å². The Bertz CT molecular complexity index is 1390. The second-order valence-electron chi connectivity index (χ2n) is 7.40. The van der Waals surface area contributed by atoms with Crippen LogP contribution in [0.25, 0.3) is 11.0 Å². The van der Waals surface area contributed by atoms with E-state index in [1.165, 1.54) is 24.3 Å². The van der Waals surface area contributed by atoms with Gasteiger partial charge in [0.1, 0.15) is 0 Å². The number of anilines is 3. The van der Waals surface area contributed by atoms with Crippen LogP contribution in [0.5, 0.6) is 0 Å². The molecular formula is C23H21ClN4O2S. The minimum Gasteiger partial charge on any atom is -0.337 e. The van der Waals surface area contributed by atoms with E-state index in [1.807, 2.05) is 57.2 Å². The Kier molecular flexibility index (Phi) is 5.56. The van der Waals surface area contributed by atoms with Gasteiger partial charge in [0.15, 0.2) is 11.6 Å². The number of fused-ring (bicyclic) bond motifs is 1. The summed E-state index contributed by atoms with van der Waals surface area (Å²) in [5.74, 6) is 0.434. The van der Waals surface area contributed by atoms with Gasteiger partial charge in [0.05, 0.1) is 15.9 Å². The van der Waals surface area contributed by atoms with Crippen molar-refractivity contribution in [3.05, 3.63) is 82.4 Å². The molecular weight excluding hydrogens is 432 g/mol. The maximum absolute atomic E-state index is 13.0. The fraction of sp³-hybridized carbons (Fsp3) is 0.130. The second kappa shape index (κ2) is 8.17. The monoisotopic (exact) mass is 452 g/mol. The zero-order valence-corrected chi connectivity index (χ0v) is 18.8. The molecule has 0 bridgehead atoms. The summed E-state index contributed by atoms with van der Waals surface area (Å²) in [5, 5.41) is 3.67. The normalized spacial score (nSPS) is 11.5. The van der Waals surface area contributed by atoms with Crippen molar-refractivity contribution >= 4 is 50.0 Å². The van der Waals surface area contributed by atoms with Crippen LogP contribution in [0.15, 0.2) is 65.6 Å². The minimum absolute atomic E-state index is 0.0832. The van der Waals surface area contributed by atoms with Crippen LogP contribution in [-0.4, -0.2) is 18.4 Å².